The molecule has 1 aliphatic carbocycles. The fourth-order valence-electron chi connectivity index (χ4n) is 7.44. The number of para-hydroxylation sites is 2. The minimum absolute atomic E-state index is 0.140. The van der Waals surface area contributed by atoms with E-state index in [1.54, 1.807) is 0 Å². The molecule has 3 aliphatic rings. The number of unbranched alkanes of at least 4 members (excludes halogenated alkanes) is 2. The largest absolute Gasteiger partial charge is 0.481 e. The molecule has 0 bridgehead atoms. The predicted molar refractivity (Wildman–Crippen MR) is 191 cm³/mol. The molecule has 0 saturated heterocycles. The lowest BCUT2D eigenvalue weighted by Gasteiger charge is -2.27. The summed E-state index contributed by atoms with van der Waals surface area (Å²) >= 11 is 7.16. The fraction of sp³-hybridized carbons (Fsp3) is 0.425. The molecule has 2 N–H and O–H groups in total. The molecule has 0 atom stereocenters. The molecule has 0 fully saturated rings. The van der Waals surface area contributed by atoms with E-state index in [1.807, 2.05) is 6.07 Å². The van der Waals surface area contributed by atoms with E-state index in [2.05, 4.69) is 104 Å². The Labute approximate surface area is 284 Å². The smallest absolute Gasteiger partial charge is 0.303 e. The maximum Gasteiger partial charge on any atom is 0.303 e. The van der Waals surface area contributed by atoms with Gasteiger partial charge in [0.15, 0.2) is 5.71 Å². The van der Waals surface area contributed by atoms with Crippen LogP contribution in [0.25, 0.3) is 0 Å². The van der Waals surface area contributed by atoms with Crippen molar-refractivity contribution in [2.75, 3.05) is 18.0 Å². The van der Waals surface area contributed by atoms with Crippen LogP contribution in [-0.2, 0) is 20.4 Å². The van der Waals surface area contributed by atoms with Crippen LogP contribution in [0.15, 0.2) is 94.7 Å². The first-order valence-corrected chi connectivity index (χ1v) is 17.3. The zero-order valence-electron chi connectivity index (χ0n) is 28.2. The standard InChI is InChI=1S/C40H47ClN2O4/c1-39(2)30-16-7-9-18-32(30)42(26-11-5-6-20-36(44)45)34(39)24-22-28-14-12-15-29(38(28)41)23-25-35-40(3,4)31-17-8-10-19-33(31)43(35)27-13-21-37(46)47/h7-10,16-19,22-25H,5-6,11-15,20-21,26-27H2,1-4H3,(H-,44,45,46,47)/p+1. The number of hydrogen-bond donors (Lipinski definition) is 2. The van der Waals surface area contributed by atoms with Gasteiger partial charge in [-0.1, -0.05) is 80.4 Å². The number of carboxylic acid groups (broad SMARTS) is 2. The first-order chi connectivity index (χ1) is 22.4. The van der Waals surface area contributed by atoms with Gasteiger partial charge in [-0.05, 0) is 74.8 Å². The third-order valence-corrected chi connectivity index (χ3v) is 10.5. The van der Waals surface area contributed by atoms with E-state index in [0.717, 1.165) is 66.2 Å². The van der Waals surface area contributed by atoms with Gasteiger partial charge in [-0.15, -0.1) is 0 Å². The van der Waals surface area contributed by atoms with Gasteiger partial charge < -0.3 is 15.1 Å². The summed E-state index contributed by atoms with van der Waals surface area (Å²) in [6.45, 7) is 10.5. The molecule has 0 aromatic heterocycles. The summed E-state index contributed by atoms with van der Waals surface area (Å²) in [5.74, 6) is -1.51. The molecule has 0 radical (unpaired) electrons. The lowest BCUT2D eigenvalue weighted by molar-refractivity contribution is -0.438. The third-order valence-electron chi connectivity index (χ3n) is 9.98. The van der Waals surface area contributed by atoms with Crippen LogP contribution < -0.4 is 4.90 Å². The summed E-state index contributed by atoms with van der Waals surface area (Å²) in [4.78, 5) is 24.7. The van der Waals surface area contributed by atoms with Crippen molar-refractivity contribution in [1.29, 1.82) is 0 Å². The van der Waals surface area contributed by atoms with Gasteiger partial charge in [0.2, 0.25) is 5.69 Å². The van der Waals surface area contributed by atoms with Gasteiger partial charge >= 0.3 is 11.9 Å². The van der Waals surface area contributed by atoms with E-state index in [4.69, 9.17) is 16.7 Å². The number of aliphatic carboxylic acids is 2. The monoisotopic (exact) mass is 655 g/mol. The summed E-state index contributed by atoms with van der Waals surface area (Å²) < 4.78 is 2.28. The summed E-state index contributed by atoms with van der Waals surface area (Å²) in [6, 6.07) is 17.0. The maximum absolute atomic E-state index is 11.3. The number of nitrogens with zero attached hydrogens (tertiary/aromatic N) is 2. The normalized spacial score (nSPS) is 20.1. The average Bonchev–Trinajstić information content (AvgIpc) is 3.38. The maximum atomic E-state index is 11.3. The number of benzene rings is 2. The molecule has 0 saturated carbocycles. The van der Waals surface area contributed by atoms with E-state index in [1.165, 1.54) is 22.5 Å². The van der Waals surface area contributed by atoms with Crippen LogP contribution >= 0.6 is 11.6 Å². The van der Waals surface area contributed by atoms with E-state index < -0.39 is 11.9 Å². The van der Waals surface area contributed by atoms with Crippen molar-refractivity contribution in [1.82, 2.24) is 0 Å². The summed E-state index contributed by atoms with van der Waals surface area (Å²) in [5, 5.41) is 19.1. The quantitative estimate of drug-likeness (QED) is 0.166. The Morgan fingerprint density at radius 3 is 2.26 bits per heavy atom. The molecule has 0 spiro atoms. The van der Waals surface area contributed by atoms with Crippen molar-refractivity contribution >= 4 is 40.6 Å². The fourth-order valence-corrected chi connectivity index (χ4v) is 7.76. The van der Waals surface area contributed by atoms with E-state index in [9.17, 15) is 14.7 Å². The number of carboxylic acids is 2. The number of allylic oxidation sites excluding steroid dienone is 8. The van der Waals surface area contributed by atoms with Crippen molar-refractivity contribution in [3.63, 3.8) is 0 Å². The molecule has 2 heterocycles. The Hall–Kier alpha value is -3.90. The van der Waals surface area contributed by atoms with E-state index in [-0.39, 0.29) is 23.7 Å². The van der Waals surface area contributed by atoms with Gasteiger partial charge in [-0.2, -0.15) is 4.58 Å². The van der Waals surface area contributed by atoms with E-state index in [0.29, 0.717) is 19.4 Å². The lowest BCUT2D eigenvalue weighted by atomic mass is 9.81. The first-order valence-electron chi connectivity index (χ1n) is 17.0. The van der Waals surface area contributed by atoms with Gasteiger partial charge in [0.25, 0.3) is 0 Å². The van der Waals surface area contributed by atoms with Crippen LogP contribution in [0.1, 0.15) is 96.6 Å². The SMILES string of the molecule is CC1(C)C(/C=C/C2=C(Cl)C(=C/C=C3/N(CCCCCC(=O)O)c4ccccc4C3(C)C)/CCC2)=[N+](CCCC(=O)O)c2ccccc21. The summed E-state index contributed by atoms with van der Waals surface area (Å²) in [7, 11) is 0. The lowest BCUT2D eigenvalue weighted by Crippen LogP contribution is -2.28. The highest BCUT2D eigenvalue weighted by Crippen LogP contribution is 2.48. The molecule has 47 heavy (non-hydrogen) atoms. The summed E-state index contributed by atoms with van der Waals surface area (Å²) in [6.07, 6.45) is 15.1. The van der Waals surface area contributed by atoms with Crippen LogP contribution in [0.2, 0.25) is 0 Å². The molecular formula is C40H48ClN2O4+. The number of anilines is 1. The van der Waals surface area contributed by atoms with Gasteiger partial charge in [0.1, 0.15) is 6.54 Å². The molecule has 2 aromatic carbocycles. The van der Waals surface area contributed by atoms with Gasteiger partial charge in [0, 0.05) is 58.9 Å². The Bertz CT molecular complexity index is 1690. The summed E-state index contributed by atoms with van der Waals surface area (Å²) in [5.41, 5.74) is 9.16. The van der Waals surface area contributed by atoms with Crippen molar-refractivity contribution < 1.29 is 24.4 Å². The molecule has 248 valence electrons. The molecular weight excluding hydrogens is 608 g/mol. The minimum Gasteiger partial charge on any atom is -0.481 e. The topological polar surface area (TPSA) is 80.9 Å². The van der Waals surface area contributed by atoms with Crippen molar-refractivity contribution in [3.05, 3.63) is 106 Å². The highest BCUT2D eigenvalue weighted by molar-refractivity contribution is 6.32. The molecule has 0 unspecified atom stereocenters. The molecule has 2 aliphatic heterocycles. The number of carbonyl (C=O) groups is 2. The second-order valence-corrected chi connectivity index (χ2v) is 14.3. The van der Waals surface area contributed by atoms with Crippen molar-refractivity contribution in [2.45, 2.75) is 96.3 Å². The van der Waals surface area contributed by atoms with Gasteiger partial charge in [-0.25, -0.2) is 0 Å². The Balaban J connectivity index is 1.43. The van der Waals surface area contributed by atoms with Crippen LogP contribution in [0.3, 0.4) is 0 Å². The first kappa shape index (κ1) is 34.4. The zero-order valence-corrected chi connectivity index (χ0v) is 28.9. The third kappa shape index (κ3) is 7.33. The number of halogens is 1. The van der Waals surface area contributed by atoms with Crippen LogP contribution in [0.5, 0.6) is 0 Å². The molecule has 5 rings (SSSR count). The number of fused-ring (bicyclic) bond motifs is 2. The Morgan fingerprint density at radius 2 is 1.51 bits per heavy atom. The molecule has 7 heteroatoms. The van der Waals surface area contributed by atoms with Crippen molar-refractivity contribution in [3.8, 4) is 0 Å². The number of hydrogen-bond acceptors (Lipinski definition) is 3. The van der Waals surface area contributed by atoms with Crippen molar-refractivity contribution in [2.24, 2.45) is 0 Å². The Morgan fingerprint density at radius 1 is 0.830 bits per heavy atom. The predicted octanol–water partition coefficient (Wildman–Crippen LogP) is 9.41. The van der Waals surface area contributed by atoms with Crippen LogP contribution in [0.4, 0.5) is 11.4 Å². The average molecular weight is 656 g/mol. The molecule has 0 amide bonds. The highest BCUT2D eigenvalue weighted by atomic mass is 35.5. The van der Waals surface area contributed by atoms with E-state index >= 15 is 0 Å². The highest BCUT2D eigenvalue weighted by Gasteiger charge is 2.44. The second-order valence-electron chi connectivity index (χ2n) is 13.9. The Kier molecular flexibility index (Phi) is 10.6. The van der Waals surface area contributed by atoms with Gasteiger partial charge in [0.05, 0.1) is 11.8 Å². The second kappa shape index (κ2) is 14.5. The van der Waals surface area contributed by atoms with Crippen LogP contribution in [-0.4, -0.2) is 45.5 Å². The van der Waals surface area contributed by atoms with Crippen LogP contribution in [0, 0.1) is 0 Å². The zero-order chi connectivity index (χ0) is 33.8. The minimum atomic E-state index is -0.772. The molecule has 6 nitrogen and oxygen atoms in total. The van der Waals surface area contributed by atoms with Gasteiger partial charge in [-0.3, -0.25) is 9.59 Å². The number of rotatable bonds is 13. The molecule has 2 aromatic rings.